The molecule has 4 rings (SSSR count). The van der Waals surface area contributed by atoms with Crippen molar-refractivity contribution in [3.05, 3.63) is 59.3 Å². The van der Waals surface area contributed by atoms with Gasteiger partial charge in [-0.25, -0.2) is 9.98 Å². The molecule has 6 heteroatoms. The van der Waals surface area contributed by atoms with E-state index >= 15 is 0 Å². The zero-order valence-corrected chi connectivity index (χ0v) is 18.2. The maximum absolute atomic E-state index is 6.09. The number of guanidine groups is 1. The molecule has 0 aliphatic carbocycles. The van der Waals surface area contributed by atoms with E-state index in [0.29, 0.717) is 13.2 Å². The number of pyridine rings is 1. The van der Waals surface area contributed by atoms with Gasteiger partial charge in [0.15, 0.2) is 5.96 Å². The lowest BCUT2D eigenvalue weighted by Crippen LogP contribution is -2.48. The van der Waals surface area contributed by atoms with Crippen LogP contribution < -0.4 is 10.2 Å². The predicted octanol–water partition coefficient (Wildman–Crippen LogP) is 3.53. The van der Waals surface area contributed by atoms with Gasteiger partial charge in [0, 0.05) is 32.4 Å². The number of aliphatic imine (C=N–C) groups is 1. The topological polar surface area (TPSA) is 53.0 Å². The number of benzene rings is 1. The first kappa shape index (κ1) is 20.7. The largest absolute Gasteiger partial charge is 0.370 e. The summed E-state index contributed by atoms with van der Waals surface area (Å²) in [7, 11) is 0. The number of nitrogens with zero attached hydrogens (tertiary/aromatic N) is 4. The van der Waals surface area contributed by atoms with E-state index in [4.69, 9.17) is 9.73 Å². The minimum absolute atomic E-state index is 0.0743. The normalized spacial score (nSPS) is 19.9. The van der Waals surface area contributed by atoms with Crippen LogP contribution in [0.25, 0.3) is 0 Å². The van der Waals surface area contributed by atoms with Crippen molar-refractivity contribution in [3.8, 4) is 0 Å². The smallest absolute Gasteiger partial charge is 0.194 e. The molecule has 2 aromatic rings. The third-order valence-electron chi connectivity index (χ3n) is 5.89. The van der Waals surface area contributed by atoms with Crippen LogP contribution in [0.2, 0.25) is 0 Å². The van der Waals surface area contributed by atoms with E-state index in [1.165, 1.54) is 24.0 Å². The Morgan fingerprint density at radius 3 is 2.73 bits per heavy atom. The molecule has 0 amide bonds. The molecule has 0 saturated carbocycles. The van der Waals surface area contributed by atoms with Crippen LogP contribution in [0.15, 0.2) is 47.6 Å². The van der Waals surface area contributed by atoms with Gasteiger partial charge in [0.1, 0.15) is 11.9 Å². The van der Waals surface area contributed by atoms with Crippen molar-refractivity contribution in [1.29, 1.82) is 0 Å². The minimum Gasteiger partial charge on any atom is -0.370 e. The summed E-state index contributed by atoms with van der Waals surface area (Å²) in [5, 5.41) is 3.46. The zero-order chi connectivity index (χ0) is 20.8. The summed E-state index contributed by atoms with van der Waals surface area (Å²) < 4.78 is 6.09. The second-order valence-corrected chi connectivity index (χ2v) is 8.05. The SMILES string of the molecule is CCNC(=NCc1ccc(N2CCCC2)nc1)N1CCOC(c2ccccc2C)C1. The summed E-state index contributed by atoms with van der Waals surface area (Å²) in [4.78, 5) is 14.2. The van der Waals surface area contributed by atoms with Gasteiger partial charge < -0.3 is 19.9 Å². The highest BCUT2D eigenvalue weighted by atomic mass is 16.5. The Kier molecular flexibility index (Phi) is 6.84. The van der Waals surface area contributed by atoms with Crippen LogP contribution in [-0.2, 0) is 11.3 Å². The number of morpholine rings is 1. The summed E-state index contributed by atoms with van der Waals surface area (Å²) in [6, 6.07) is 12.8. The predicted molar refractivity (Wildman–Crippen MR) is 122 cm³/mol. The lowest BCUT2D eigenvalue weighted by molar-refractivity contribution is -0.00834. The number of hydrogen-bond donors (Lipinski definition) is 1. The maximum Gasteiger partial charge on any atom is 0.194 e. The molecule has 1 aromatic carbocycles. The molecule has 2 aliphatic rings. The van der Waals surface area contributed by atoms with Crippen molar-refractivity contribution >= 4 is 11.8 Å². The molecule has 2 saturated heterocycles. The summed E-state index contributed by atoms with van der Waals surface area (Å²) in [5.41, 5.74) is 3.67. The minimum atomic E-state index is 0.0743. The van der Waals surface area contributed by atoms with Crippen LogP contribution in [0.1, 0.15) is 42.6 Å². The first-order chi connectivity index (χ1) is 14.7. The summed E-state index contributed by atoms with van der Waals surface area (Å²) in [6.45, 7) is 10.3. The fourth-order valence-corrected chi connectivity index (χ4v) is 4.21. The number of anilines is 1. The van der Waals surface area contributed by atoms with Gasteiger partial charge in [-0.3, -0.25) is 0 Å². The molecule has 2 aliphatic heterocycles. The Morgan fingerprint density at radius 1 is 1.17 bits per heavy atom. The van der Waals surface area contributed by atoms with Crippen molar-refractivity contribution in [2.24, 2.45) is 4.99 Å². The highest BCUT2D eigenvalue weighted by Crippen LogP contribution is 2.25. The van der Waals surface area contributed by atoms with Gasteiger partial charge >= 0.3 is 0 Å². The van der Waals surface area contributed by atoms with Gasteiger partial charge in [-0.15, -0.1) is 0 Å². The van der Waals surface area contributed by atoms with Gasteiger partial charge in [-0.05, 0) is 49.4 Å². The molecule has 1 unspecified atom stereocenters. The maximum atomic E-state index is 6.09. The number of hydrogen-bond acceptors (Lipinski definition) is 4. The zero-order valence-electron chi connectivity index (χ0n) is 18.2. The molecular weight excluding hydrogens is 374 g/mol. The van der Waals surface area contributed by atoms with Gasteiger partial charge in [-0.2, -0.15) is 0 Å². The van der Waals surface area contributed by atoms with Crippen LogP contribution in [0.3, 0.4) is 0 Å². The van der Waals surface area contributed by atoms with Gasteiger partial charge in [0.2, 0.25) is 0 Å². The fourth-order valence-electron chi connectivity index (χ4n) is 4.21. The average molecular weight is 408 g/mol. The van der Waals surface area contributed by atoms with Crippen molar-refractivity contribution in [2.75, 3.05) is 44.2 Å². The molecule has 3 heterocycles. The van der Waals surface area contributed by atoms with Crippen LogP contribution >= 0.6 is 0 Å². The standard InChI is InChI=1S/C24H33N5O/c1-3-25-24(27-17-20-10-11-23(26-16-20)28-12-6-7-13-28)29-14-15-30-22(18-29)21-9-5-4-8-19(21)2/h4-5,8-11,16,22H,3,6-7,12-15,17-18H2,1-2H3,(H,25,27). The van der Waals surface area contributed by atoms with E-state index in [1.54, 1.807) is 0 Å². The number of aryl methyl sites for hydroxylation is 1. The lowest BCUT2D eigenvalue weighted by Gasteiger charge is -2.35. The summed E-state index contributed by atoms with van der Waals surface area (Å²) in [5.74, 6) is 2.03. The van der Waals surface area contributed by atoms with E-state index < -0.39 is 0 Å². The second kappa shape index (κ2) is 9.94. The van der Waals surface area contributed by atoms with Crippen LogP contribution in [0.4, 0.5) is 5.82 Å². The van der Waals surface area contributed by atoms with Crippen LogP contribution in [-0.4, -0.2) is 55.2 Å². The molecule has 0 bridgehead atoms. The molecule has 1 aromatic heterocycles. The molecule has 30 heavy (non-hydrogen) atoms. The Morgan fingerprint density at radius 2 is 2.00 bits per heavy atom. The van der Waals surface area contributed by atoms with Gasteiger partial charge in [-0.1, -0.05) is 30.3 Å². The number of nitrogens with one attached hydrogen (secondary N) is 1. The molecular formula is C24H33N5O. The molecule has 1 atom stereocenters. The number of rotatable bonds is 5. The van der Waals surface area contributed by atoms with E-state index in [1.807, 2.05) is 6.20 Å². The lowest BCUT2D eigenvalue weighted by atomic mass is 10.0. The summed E-state index contributed by atoms with van der Waals surface area (Å²) >= 11 is 0. The first-order valence-electron chi connectivity index (χ1n) is 11.1. The van der Waals surface area contributed by atoms with Crippen molar-refractivity contribution < 1.29 is 4.74 Å². The highest BCUT2D eigenvalue weighted by molar-refractivity contribution is 5.80. The first-order valence-corrected chi connectivity index (χ1v) is 11.1. The monoisotopic (exact) mass is 407 g/mol. The van der Waals surface area contributed by atoms with Crippen molar-refractivity contribution in [1.82, 2.24) is 15.2 Å². The Hall–Kier alpha value is -2.60. The second-order valence-electron chi connectivity index (χ2n) is 8.05. The number of ether oxygens (including phenoxy) is 1. The van der Waals surface area contributed by atoms with Crippen molar-refractivity contribution in [3.63, 3.8) is 0 Å². The van der Waals surface area contributed by atoms with Crippen LogP contribution in [0.5, 0.6) is 0 Å². The average Bonchev–Trinajstić information content (AvgIpc) is 3.32. The molecule has 160 valence electrons. The van der Waals surface area contributed by atoms with Gasteiger partial charge in [0.05, 0.1) is 19.7 Å². The van der Waals surface area contributed by atoms with E-state index in [0.717, 1.165) is 50.1 Å². The molecule has 1 N–H and O–H groups in total. The molecule has 6 nitrogen and oxygen atoms in total. The molecule has 2 fully saturated rings. The van der Waals surface area contributed by atoms with Crippen molar-refractivity contribution in [2.45, 2.75) is 39.3 Å². The van der Waals surface area contributed by atoms with E-state index in [-0.39, 0.29) is 6.10 Å². The number of aromatic nitrogens is 1. The summed E-state index contributed by atoms with van der Waals surface area (Å²) in [6.07, 6.45) is 4.58. The Balaban J connectivity index is 1.43. The van der Waals surface area contributed by atoms with Crippen LogP contribution in [0, 0.1) is 6.92 Å². The van der Waals surface area contributed by atoms with Gasteiger partial charge in [0.25, 0.3) is 0 Å². The fraction of sp³-hybridized carbons (Fsp3) is 0.500. The molecule has 0 spiro atoms. The third kappa shape index (κ3) is 4.93. The van der Waals surface area contributed by atoms with E-state index in [2.05, 4.69) is 70.3 Å². The van der Waals surface area contributed by atoms with E-state index in [9.17, 15) is 0 Å². The highest BCUT2D eigenvalue weighted by Gasteiger charge is 2.25. The molecule has 0 radical (unpaired) electrons. The third-order valence-corrected chi connectivity index (χ3v) is 5.89. The Labute approximate surface area is 180 Å². The Bertz CT molecular complexity index is 845. The quantitative estimate of drug-likeness (QED) is 0.607.